The number of carbonyl (C=O) groups excluding carboxylic acids is 1. The molecule has 0 saturated heterocycles. The molecule has 0 aliphatic carbocycles. The zero-order valence-corrected chi connectivity index (χ0v) is 14.2. The molecule has 1 amide bonds. The fraction of sp³-hybridized carbons (Fsp3) is 0.375. The second kappa shape index (κ2) is 7.79. The summed E-state index contributed by atoms with van der Waals surface area (Å²) in [6.45, 7) is 5.94. The Hall–Kier alpha value is -2.33. The molecule has 120 valence electrons. The molecule has 2 heterocycles. The van der Waals surface area contributed by atoms with Crippen LogP contribution in [0, 0.1) is 11.3 Å². The van der Waals surface area contributed by atoms with Crippen molar-refractivity contribution >= 4 is 23.5 Å². The lowest BCUT2D eigenvalue weighted by Gasteiger charge is -2.16. The molecule has 0 aliphatic rings. The van der Waals surface area contributed by atoms with Gasteiger partial charge in [0.2, 0.25) is 5.91 Å². The number of amides is 1. The lowest BCUT2D eigenvalue weighted by molar-refractivity contribution is -0.115. The Balaban J connectivity index is 2.03. The van der Waals surface area contributed by atoms with Crippen molar-refractivity contribution in [3.63, 3.8) is 0 Å². The fourth-order valence-corrected chi connectivity index (χ4v) is 2.79. The largest absolute Gasteiger partial charge is 0.310 e. The van der Waals surface area contributed by atoms with E-state index in [-0.39, 0.29) is 17.2 Å². The van der Waals surface area contributed by atoms with Gasteiger partial charge in [0.25, 0.3) is 0 Å². The predicted molar refractivity (Wildman–Crippen MR) is 90.1 cm³/mol. The lowest BCUT2D eigenvalue weighted by Crippen LogP contribution is -2.24. The molecular formula is C16H19N5OS. The summed E-state index contributed by atoms with van der Waals surface area (Å²) in [5.74, 6) is 0.569. The average molecular weight is 329 g/mol. The zero-order valence-electron chi connectivity index (χ0n) is 13.4. The Morgan fingerprint density at radius 3 is 2.91 bits per heavy atom. The SMILES string of the molecule is CCC(C)n1nccc1NC(=O)C(C)Sc1cc(C#N)ccn1. The number of aromatic nitrogens is 3. The summed E-state index contributed by atoms with van der Waals surface area (Å²) < 4.78 is 1.81. The summed E-state index contributed by atoms with van der Waals surface area (Å²) in [5, 5.41) is 16.4. The number of rotatable bonds is 6. The van der Waals surface area contributed by atoms with Crippen LogP contribution in [0.1, 0.15) is 38.8 Å². The quantitative estimate of drug-likeness (QED) is 0.823. The highest BCUT2D eigenvalue weighted by molar-refractivity contribution is 8.00. The van der Waals surface area contributed by atoms with Gasteiger partial charge in [0, 0.05) is 12.3 Å². The number of pyridine rings is 1. The minimum atomic E-state index is -0.336. The molecule has 2 rings (SSSR count). The molecule has 1 N–H and O–H groups in total. The number of carbonyl (C=O) groups is 1. The van der Waals surface area contributed by atoms with E-state index < -0.39 is 0 Å². The van der Waals surface area contributed by atoms with Crippen molar-refractivity contribution in [2.45, 2.75) is 43.5 Å². The third-order valence-corrected chi connectivity index (χ3v) is 4.49. The molecule has 0 saturated carbocycles. The van der Waals surface area contributed by atoms with Gasteiger partial charge in [0.15, 0.2) is 0 Å². The number of thioether (sulfide) groups is 1. The molecule has 0 bridgehead atoms. The van der Waals surface area contributed by atoms with Gasteiger partial charge in [-0.1, -0.05) is 18.7 Å². The maximum atomic E-state index is 12.4. The van der Waals surface area contributed by atoms with Crippen LogP contribution in [0.2, 0.25) is 0 Å². The number of hydrogen-bond donors (Lipinski definition) is 1. The molecule has 7 heteroatoms. The number of anilines is 1. The molecule has 0 fully saturated rings. The van der Waals surface area contributed by atoms with E-state index in [1.165, 1.54) is 11.8 Å². The highest BCUT2D eigenvalue weighted by Crippen LogP contribution is 2.23. The van der Waals surface area contributed by atoms with Gasteiger partial charge in [-0.2, -0.15) is 10.4 Å². The van der Waals surface area contributed by atoms with Gasteiger partial charge < -0.3 is 5.32 Å². The Kier molecular flexibility index (Phi) is 5.77. The summed E-state index contributed by atoms with van der Waals surface area (Å²) in [5.41, 5.74) is 0.532. The minimum Gasteiger partial charge on any atom is -0.310 e. The molecule has 0 aromatic carbocycles. The van der Waals surface area contributed by atoms with Crippen LogP contribution in [0.3, 0.4) is 0 Å². The first-order chi connectivity index (χ1) is 11.0. The molecule has 2 atom stereocenters. The summed E-state index contributed by atoms with van der Waals surface area (Å²) in [6.07, 6.45) is 4.18. The van der Waals surface area contributed by atoms with Crippen molar-refractivity contribution < 1.29 is 4.79 Å². The van der Waals surface area contributed by atoms with Gasteiger partial charge in [-0.05, 0) is 32.4 Å². The first-order valence-electron chi connectivity index (χ1n) is 7.42. The van der Waals surface area contributed by atoms with Crippen molar-refractivity contribution in [3.05, 3.63) is 36.2 Å². The van der Waals surface area contributed by atoms with Crippen LogP contribution < -0.4 is 5.32 Å². The molecule has 0 aliphatic heterocycles. The molecule has 6 nitrogen and oxygen atoms in total. The monoisotopic (exact) mass is 329 g/mol. The predicted octanol–water partition coefficient (Wildman–Crippen LogP) is 3.24. The highest BCUT2D eigenvalue weighted by atomic mass is 32.2. The van der Waals surface area contributed by atoms with E-state index in [1.54, 1.807) is 30.6 Å². The van der Waals surface area contributed by atoms with E-state index in [0.717, 1.165) is 6.42 Å². The second-order valence-corrected chi connectivity index (χ2v) is 6.52. The molecule has 23 heavy (non-hydrogen) atoms. The van der Waals surface area contributed by atoms with E-state index in [4.69, 9.17) is 5.26 Å². The lowest BCUT2D eigenvalue weighted by atomic mass is 10.3. The standard InChI is InChI=1S/C16H19N5OS/c1-4-11(2)21-14(6-8-19-21)20-16(22)12(3)23-15-9-13(10-17)5-7-18-15/h5-9,11-12H,4H2,1-3H3,(H,20,22). The average Bonchev–Trinajstić information content (AvgIpc) is 3.02. The van der Waals surface area contributed by atoms with Crippen LogP contribution in [0.4, 0.5) is 5.82 Å². The van der Waals surface area contributed by atoms with Gasteiger partial charge in [0.1, 0.15) is 5.82 Å². The van der Waals surface area contributed by atoms with E-state index in [0.29, 0.717) is 16.4 Å². The highest BCUT2D eigenvalue weighted by Gasteiger charge is 2.18. The summed E-state index contributed by atoms with van der Waals surface area (Å²) >= 11 is 1.32. The zero-order chi connectivity index (χ0) is 16.8. The summed E-state index contributed by atoms with van der Waals surface area (Å²) in [6, 6.07) is 7.39. The maximum absolute atomic E-state index is 12.4. The molecule has 0 spiro atoms. The van der Waals surface area contributed by atoms with Crippen molar-refractivity contribution in [2.75, 3.05) is 5.32 Å². The topological polar surface area (TPSA) is 83.6 Å². The van der Waals surface area contributed by atoms with Gasteiger partial charge in [-0.15, -0.1) is 0 Å². The number of nitrogens with zero attached hydrogens (tertiary/aromatic N) is 4. The number of nitriles is 1. The first kappa shape index (κ1) is 17.0. The van der Waals surface area contributed by atoms with Crippen LogP contribution >= 0.6 is 11.8 Å². The van der Waals surface area contributed by atoms with Crippen LogP contribution in [0.15, 0.2) is 35.6 Å². The van der Waals surface area contributed by atoms with Crippen LogP contribution in [0.25, 0.3) is 0 Å². The van der Waals surface area contributed by atoms with Crippen LogP contribution in [-0.2, 0) is 4.79 Å². The number of hydrogen-bond acceptors (Lipinski definition) is 5. The van der Waals surface area contributed by atoms with E-state index in [1.807, 2.05) is 11.6 Å². The van der Waals surface area contributed by atoms with Gasteiger partial charge >= 0.3 is 0 Å². The van der Waals surface area contributed by atoms with Crippen molar-refractivity contribution in [1.29, 1.82) is 5.26 Å². The third kappa shape index (κ3) is 4.33. The van der Waals surface area contributed by atoms with E-state index >= 15 is 0 Å². The van der Waals surface area contributed by atoms with Gasteiger partial charge in [0.05, 0.1) is 34.1 Å². The normalized spacial score (nSPS) is 13.1. The summed E-state index contributed by atoms with van der Waals surface area (Å²) in [4.78, 5) is 16.5. The fourth-order valence-electron chi connectivity index (χ4n) is 1.94. The van der Waals surface area contributed by atoms with Crippen molar-refractivity contribution in [1.82, 2.24) is 14.8 Å². The molecule has 2 aromatic heterocycles. The van der Waals surface area contributed by atoms with Crippen LogP contribution in [-0.4, -0.2) is 25.9 Å². The molecule has 0 radical (unpaired) electrons. The molecule has 2 aromatic rings. The Labute approximate surface area is 139 Å². The van der Waals surface area contributed by atoms with E-state index in [9.17, 15) is 4.79 Å². The van der Waals surface area contributed by atoms with Gasteiger partial charge in [-0.25, -0.2) is 9.67 Å². The first-order valence-corrected chi connectivity index (χ1v) is 8.30. The molecule has 2 unspecified atom stereocenters. The maximum Gasteiger partial charge on any atom is 0.238 e. The van der Waals surface area contributed by atoms with Crippen LogP contribution in [0.5, 0.6) is 0 Å². The Morgan fingerprint density at radius 1 is 1.43 bits per heavy atom. The second-order valence-electron chi connectivity index (χ2n) is 5.16. The Morgan fingerprint density at radius 2 is 2.22 bits per heavy atom. The van der Waals surface area contributed by atoms with Crippen molar-refractivity contribution in [2.24, 2.45) is 0 Å². The number of nitrogens with one attached hydrogen (secondary N) is 1. The van der Waals surface area contributed by atoms with Gasteiger partial charge in [-0.3, -0.25) is 4.79 Å². The van der Waals surface area contributed by atoms with E-state index in [2.05, 4.69) is 35.3 Å². The minimum absolute atomic E-state index is 0.121. The third-order valence-electron chi connectivity index (χ3n) is 3.46. The Bertz CT molecular complexity index is 721. The smallest absolute Gasteiger partial charge is 0.238 e. The summed E-state index contributed by atoms with van der Waals surface area (Å²) in [7, 11) is 0. The molecular weight excluding hydrogens is 310 g/mol. The van der Waals surface area contributed by atoms with Crippen molar-refractivity contribution in [3.8, 4) is 6.07 Å².